The molecule has 2 aliphatic heterocycles. The lowest BCUT2D eigenvalue weighted by Crippen LogP contribution is -2.33. The van der Waals surface area contributed by atoms with Gasteiger partial charge in [-0.1, -0.05) is 35.9 Å². The molecule has 2 aliphatic rings. The Morgan fingerprint density at radius 1 is 1.20 bits per heavy atom. The molecule has 4 rings (SSSR count). The van der Waals surface area contributed by atoms with Crippen LogP contribution in [0.5, 0.6) is 0 Å². The predicted octanol–water partition coefficient (Wildman–Crippen LogP) is 3.28. The van der Waals surface area contributed by atoms with Gasteiger partial charge in [0.05, 0.1) is 49.8 Å². The number of methoxy groups -OCH3 is 1. The van der Waals surface area contributed by atoms with Gasteiger partial charge in [-0.3, -0.25) is 4.21 Å². The number of fused-ring (bicyclic) bond motifs is 1. The Morgan fingerprint density at radius 2 is 1.93 bits per heavy atom. The van der Waals surface area contributed by atoms with Crippen molar-refractivity contribution in [3.8, 4) is 0 Å². The summed E-state index contributed by atoms with van der Waals surface area (Å²) in [7, 11) is -4.41. The highest BCUT2D eigenvalue weighted by Crippen LogP contribution is 2.46. The van der Waals surface area contributed by atoms with Gasteiger partial charge < -0.3 is 10.1 Å². The number of carbonyl (C=O) groups excluding carboxylic acids is 1. The number of allylic oxidation sites excluding steroid dienone is 2. The van der Waals surface area contributed by atoms with Gasteiger partial charge in [-0.15, -0.1) is 0 Å². The molecule has 30 heavy (non-hydrogen) atoms. The maximum absolute atomic E-state index is 13.8. The van der Waals surface area contributed by atoms with Crippen LogP contribution < -0.4 is 5.32 Å². The summed E-state index contributed by atoms with van der Waals surface area (Å²) in [4.78, 5) is 12.9. The minimum atomic E-state index is -4.08. The van der Waals surface area contributed by atoms with Gasteiger partial charge in [-0.05, 0) is 36.8 Å². The van der Waals surface area contributed by atoms with Gasteiger partial charge >= 0.3 is 5.97 Å². The van der Waals surface area contributed by atoms with Gasteiger partial charge in [0.25, 0.3) is 0 Å². The molecule has 0 saturated heterocycles. The van der Waals surface area contributed by atoms with Gasteiger partial charge in [-0.2, -0.15) is 0 Å². The Labute approximate surface area is 182 Å². The number of hydrogen-bond donors (Lipinski definition) is 1. The van der Waals surface area contributed by atoms with E-state index in [2.05, 4.69) is 5.32 Å². The second kappa shape index (κ2) is 7.68. The fraction of sp³-hybridized carbons (Fsp3) is 0.190. The highest BCUT2D eigenvalue weighted by Gasteiger charge is 2.44. The maximum Gasteiger partial charge on any atom is 0.336 e. The molecule has 2 aromatic rings. The molecule has 9 heteroatoms. The molecule has 0 aromatic heterocycles. The number of esters is 1. The second-order valence-corrected chi connectivity index (χ2v) is 10.7. The average Bonchev–Trinajstić information content (AvgIpc) is 2.79. The lowest BCUT2D eigenvalue weighted by molar-refractivity contribution is -0.136. The van der Waals surface area contributed by atoms with Crippen LogP contribution >= 0.6 is 11.6 Å². The summed E-state index contributed by atoms with van der Waals surface area (Å²) in [5.41, 5.74) is 1.46. The van der Waals surface area contributed by atoms with E-state index in [4.69, 9.17) is 16.3 Å². The van der Waals surface area contributed by atoms with Crippen LogP contribution in [0.25, 0.3) is 0 Å². The maximum atomic E-state index is 13.8. The molecule has 1 N–H and O–H groups in total. The SMILES string of the molecule is COC(=O)C1=C(C)NC2=C(C1c1cccc(Cl)c1)S(=O)(=O)c1ccccc1S(=O)C2. The Bertz CT molecular complexity index is 1260. The number of nitrogens with one attached hydrogen (secondary N) is 1. The van der Waals surface area contributed by atoms with Crippen molar-refractivity contribution in [3.05, 3.63) is 81.0 Å². The van der Waals surface area contributed by atoms with Crippen molar-refractivity contribution in [1.29, 1.82) is 0 Å². The summed E-state index contributed by atoms with van der Waals surface area (Å²) in [6.45, 7) is 1.67. The van der Waals surface area contributed by atoms with E-state index in [9.17, 15) is 17.4 Å². The Morgan fingerprint density at radius 3 is 2.63 bits per heavy atom. The van der Waals surface area contributed by atoms with Crippen LogP contribution in [0, 0.1) is 0 Å². The van der Waals surface area contributed by atoms with E-state index in [1.165, 1.54) is 13.2 Å². The number of rotatable bonds is 2. The van der Waals surface area contributed by atoms with Crippen LogP contribution in [-0.4, -0.2) is 31.5 Å². The molecular weight excluding hydrogens is 446 g/mol. The van der Waals surface area contributed by atoms with Crippen LogP contribution in [0.4, 0.5) is 0 Å². The van der Waals surface area contributed by atoms with E-state index < -0.39 is 32.5 Å². The van der Waals surface area contributed by atoms with E-state index in [0.717, 1.165) is 0 Å². The number of benzene rings is 2. The third-order valence-electron chi connectivity index (χ3n) is 5.13. The third kappa shape index (κ3) is 3.29. The fourth-order valence-electron chi connectivity index (χ4n) is 3.87. The normalized spacial score (nSPS) is 22.5. The predicted molar refractivity (Wildman–Crippen MR) is 114 cm³/mol. The van der Waals surface area contributed by atoms with Crippen molar-refractivity contribution < 1.29 is 22.2 Å². The molecule has 2 unspecified atom stereocenters. The van der Waals surface area contributed by atoms with Crippen LogP contribution in [0.3, 0.4) is 0 Å². The van der Waals surface area contributed by atoms with Crippen molar-refractivity contribution in [2.75, 3.05) is 12.9 Å². The first-order valence-corrected chi connectivity index (χ1v) is 12.2. The molecule has 0 spiro atoms. The molecule has 0 saturated carbocycles. The third-order valence-corrected chi connectivity index (χ3v) is 8.88. The highest BCUT2D eigenvalue weighted by atomic mass is 35.5. The second-order valence-electron chi connectivity index (χ2n) is 6.93. The molecule has 2 atom stereocenters. The highest BCUT2D eigenvalue weighted by molar-refractivity contribution is 7.96. The van der Waals surface area contributed by atoms with Gasteiger partial charge in [0.1, 0.15) is 0 Å². The lowest BCUT2D eigenvalue weighted by Gasteiger charge is -2.31. The van der Waals surface area contributed by atoms with E-state index >= 15 is 0 Å². The van der Waals surface area contributed by atoms with Gasteiger partial charge in [0.15, 0.2) is 0 Å². The quantitative estimate of drug-likeness (QED) is 0.687. The van der Waals surface area contributed by atoms with Crippen LogP contribution in [0.15, 0.2) is 80.2 Å². The molecule has 156 valence electrons. The van der Waals surface area contributed by atoms with E-state index in [0.29, 0.717) is 22.0 Å². The molecule has 2 heterocycles. The minimum absolute atomic E-state index is 0.00549. The molecule has 0 aliphatic carbocycles. The topological polar surface area (TPSA) is 89.5 Å². The summed E-state index contributed by atoms with van der Waals surface area (Å²) < 4.78 is 45.5. The molecule has 0 amide bonds. The fourth-order valence-corrected chi connectivity index (χ4v) is 7.78. The zero-order chi connectivity index (χ0) is 21.6. The number of halogens is 1. The van der Waals surface area contributed by atoms with E-state index in [1.54, 1.807) is 49.4 Å². The standard InChI is InChI=1S/C21H18ClNO5S2/c1-12-18(21(24)28-2)19(13-6-5-7-14(22)10-13)20-15(23-12)11-29(25)16-8-3-4-9-17(16)30(20,26)27/h3-10,19,23H,11H2,1-2H3. The molecule has 0 fully saturated rings. The first-order chi connectivity index (χ1) is 14.3. The van der Waals surface area contributed by atoms with Crippen molar-refractivity contribution in [2.24, 2.45) is 0 Å². The Hall–Kier alpha value is -2.42. The minimum Gasteiger partial charge on any atom is -0.466 e. The summed E-state index contributed by atoms with van der Waals surface area (Å²) >= 11 is 6.18. The van der Waals surface area contributed by atoms with Crippen molar-refractivity contribution in [1.82, 2.24) is 5.32 Å². The van der Waals surface area contributed by atoms with E-state index in [-0.39, 0.29) is 26.0 Å². The monoisotopic (exact) mass is 463 g/mol. The lowest BCUT2D eigenvalue weighted by atomic mass is 9.86. The summed E-state index contributed by atoms with van der Waals surface area (Å²) in [6.07, 6.45) is 0. The number of dihydropyridines is 1. The molecule has 6 nitrogen and oxygen atoms in total. The smallest absolute Gasteiger partial charge is 0.336 e. The summed E-state index contributed by atoms with van der Waals surface area (Å²) in [6, 6.07) is 12.9. The average molecular weight is 464 g/mol. The number of sulfone groups is 1. The first-order valence-electron chi connectivity index (χ1n) is 9.02. The Balaban J connectivity index is 2.06. The molecular formula is C21H18ClNO5S2. The van der Waals surface area contributed by atoms with Gasteiger partial charge in [-0.25, -0.2) is 13.2 Å². The van der Waals surface area contributed by atoms with Crippen LogP contribution in [0.2, 0.25) is 5.02 Å². The van der Waals surface area contributed by atoms with Crippen molar-refractivity contribution >= 4 is 38.2 Å². The molecule has 0 radical (unpaired) electrons. The number of carbonyl (C=O) groups is 1. The van der Waals surface area contributed by atoms with Crippen LogP contribution in [0.1, 0.15) is 18.4 Å². The largest absolute Gasteiger partial charge is 0.466 e. The number of ether oxygens (including phenoxy) is 1. The van der Waals surface area contributed by atoms with Crippen molar-refractivity contribution in [2.45, 2.75) is 22.6 Å². The zero-order valence-corrected chi connectivity index (χ0v) is 18.5. The molecule has 0 bridgehead atoms. The summed E-state index contributed by atoms with van der Waals surface area (Å²) in [5.74, 6) is -1.61. The zero-order valence-electron chi connectivity index (χ0n) is 16.1. The van der Waals surface area contributed by atoms with E-state index in [1.807, 2.05) is 0 Å². The number of hydrogen-bond acceptors (Lipinski definition) is 6. The van der Waals surface area contributed by atoms with Gasteiger partial charge in [0.2, 0.25) is 9.84 Å². The van der Waals surface area contributed by atoms with Gasteiger partial charge in [0, 0.05) is 16.4 Å². The summed E-state index contributed by atoms with van der Waals surface area (Å²) in [5, 5.41) is 3.42. The van der Waals surface area contributed by atoms with Crippen LogP contribution in [-0.2, 0) is 30.2 Å². The first kappa shape index (κ1) is 20.8. The molecule has 2 aromatic carbocycles. The van der Waals surface area contributed by atoms with Crippen molar-refractivity contribution in [3.63, 3.8) is 0 Å². The Kier molecular flexibility index (Phi) is 5.34.